The van der Waals surface area contributed by atoms with Crippen molar-refractivity contribution in [1.29, 1.82) is 0 Å². The van der Waals surface area contributed by atoms with Gasteiger partial charge >= 0.3 is 0 Å². The van der Waals surface area contributed by atoms with Crippen LogP contribution in [0.5, 0.6) is 0 Å². The summed E-state index contributed by atoms with van der Waals surface area (Å²) in [6.45, 7) is -0.348. The number of fused-ring (bicyclic) bond motifs is 3. The van der Waals surface area contributed by atoms with E-state index in [0.29, 0.717) is 22.6 Å². The molecule has 2 aromatic carbocycles. The molecule has 5 rings (SSSR count). The third kappa shape index (κ3) is 2.76. The molecule has 3 N–H and O–H groups in total. The first-order valence-corrected chi connectivity index (χ1v) is 11.1. The Kier molecular flexibility index (Phi) is 4.43. The second kappa shape index (κ2) is 7.02. The molecule has 0 radical (unpaired) electrons. The molecule has 0 spiro atoms. The Morgan fingerprint density at radius 3 is 2.63 bits per heavy atom. The normalized spacial score (nSPS) is 16.1. The molecule has 0 amide bonds. The van der Waals surface area contributed by atoms with Gasteiger partial charge in [0.2, 0.25) is 0 Å². The summed E-state index contributed by atoms with van der Waals surface area (Å²) in [7, 11) is -3.92. The van der Waals surface area contributed by atoms with Crippen molar-refractivity contribution in [3.8, 4) is 11.4 Å². The zero-order valence-corrected chi connectivity index (χ0v) is 16.9. The molecular formula is C22H20N4O3S. The van der Waals surface area contributed by atoms with Gasteiger partial charge in [0, 0.05) is 23.8 Å². The summed E-state index contributed by atoms with van der Waals surface area (Å²) in [4.78, 5) is 8.72. The quantitative estimate of drug-likeness (QED) is 0.525. The minimum Gasteiger partial charge on any atom is -0.390 e. The van der Waals surface area contributed by atoms with Crippen molar-refractivity contribution in [2.45, 2.75) is 30.4 Å². The number of aromatic nitrogens is 3. The minimum atomic E-state index is -3.92. The van der Waals surface area contributed by atoms with Crippen molar-refractivity contribution in [1.82, 2.24) is 13.9 Å². The molecular weight excluding hydrogens is 400 g/mol. The molecule has 1 aliphatic carbocycles. The van der Waals surface area contributed by atoms with Gasteiger partial charge in [-0.05, 0) is 48.2 Å². The van der Waals surface area contributed by atoms with E-state index < -0.39 is 10.0 Å². The zero-order valence-electron chi connectivity index (χ0n) is 16.1. The van der Waals surface area contributed by atoms with Crippen LogP contribution in [0.2, 0.25) is 0 Å². The fourth-order valence-corrected chi connectivity index (χ4v) is 5.76. The Morgan fingerprint density at radius 2 is 1.87 bits per heavy atom. The van der Waals surface area contributed by atoms with Gasteiger partial charge < -0.3 is 10.8 Å². The van der Waals surface area contributed by atoms with Crippen LogP contribution in [-0.2, 0) is 23.1 Å². The molecule has 0 unspecified atom stereocenters. The summed E-state index contributed by atoms with van der Waals surface area (Å²) in [6.07, 6.45) is 4.58. The fourth-order valence-electron chi connectivity index (χ4n) is 4.23. The first-order chi connectivity index (χ1) is 14.5. The molecule has 0 fully saturated rings. The van der Waals surface area contributed by atoms with E-state index in [4.69, 9.17) is 5.73 Å². The van der Waals surface area contributed by atoms with E-state index in [1.54, 1.807) is 36.4 Å². The van der Waals surface area contributed by atoms with Crippen LogP contribution in [0.1, 0.15) is 29.3 Å². The van der Waals surface area contributed by atoms with Crippen LogP contribution in [0, 0.1) is 0 Å². The van der Waals surface area contributed by atoms with Gasteiger partial charge in [-0.2, -0.15) is 0 Å². The average molecular weight is 420 g/mol. The highest BCUT2D eigenvalue weighted by atomic mass is 32.2. The van der Waals surface area contributed by atoms with Crippen LogP contribution in [0.15, 0.2) is 65.8 Å². The molecule has 1 atom stereocenters. The number of hydrogen-bond acceptors (Lipinski definition) is 6. The molecule has 2 aromatic heterocycles. The molecule has 0 saturated carbocycles. The topological polar surface area (TPSA) is 111 Å². The van der Waals surface area contributed by atoms with Crippen LogP contribution in [-0.4, -0.2) is 27.5 Å². The number of rotatable bonds is 4. The third-order valence-electron chi connectivity index (χ3n) is 5.64. The summed E-state index contributed by atoms with van der Waals surface area (Å²) in [5.41, 5.74) is 9.95. The molecule has 1 aliphatic rings. The third-order valence-corrected chi connectivity index (χ3v) is 7.38. The smallest absolute Gasteiger partial charge is 0.268 e. The maximum absolute atomic E-state index is 13.7. The Bertz CT molecular complexity index is 1360. The van der Waals surface area contributed by atoms with E-state index in [1.807, 2.05) is 12.1 Å². The number of aryl methyl sites for hydroxylation is 1. The summed E-state index contributed by atoms with van der Waals surface area (Å²) < 4.78 is 28.7. The van der Waals surface area contributed by atoms with Gasteiger partial charge in [0.25, 0.3) is 10.0 Å². The number of benzene rings is 2. The predicted molar refractivity (Wildman–Crippen MR) is 113 cm³/mol. The van der Waals surface area contributed by atoms with Crippen molar-refractivity contribution in [3.63, 3.8) is 0 Å². The molecule has 2 heterocycles. The van der Waals surface area contributed by atoms with Gasteiger partial charge in [-0.1, -0.05) is 24.3 Å². The Hall–Kier alpha value is -3.07. The molecule has 30 heavy (non-hydrogen) atoms. The van der Waals surface area contributed by atoms with Gasteiger partial charge in [0.05, 0.1) is 28.4 Å². The lowest BCUT2D eigenvalue weighted by molar-refractivity contribution is 0.277. The molecule has 0 saturated heterocycles. The van der Waals surface area contributed by atoms with Crippen LogP contribution < -0.4 is 5.73 Å². The van der Waals surface area contributed by atoms with E-state index >= 15 is 0 Å². The van der Waals surface area contributed by atoms with Crippen molar-refractivity contribution in [2.24, 2.45) is 5.73 Å². The van der Waals surface area contributed by atoms with Crippen molar-refractivity contribution < 1.29 is 13.5 Å². The van der Waals surface area contributed by atoms with E-state index in [2.05, 4.69) is 9.97 Å². The van der Waals surface area contributed by atoms with E-state index in [-0.39, 0.29) is 17.5 Å². The first kappa shape index (κ1) is 18.9. The monoisotopic (exact) mass is 420 g/mol. The average Bonchev–Trinajstić information content (AvgIpc) is 3.35. The molecule has 152 valence electrons. The van der Waals surface area contributed by atoms with Crippen LogP contribution in [0.25, 0.3) is 22.3 Å². The summed E-state index contributed by atoms with van der Waals surface area (Å²) in [6, 6.07) is 13.8. The molecule has 0 aliphatic heterocycles. The molecule has 4 aromatic rings. The Balaban J connectivity index is 1.89. The fraction of sp³-hybridized carbons (Fsp3) is 0.182. The standard InChI is InChI=1S/C22H20N4O3S/c23-18-8-6-15-16(18)7-9-20-17(15)12-21(22-19(13-27)24-10-11-25-22)26(20)30(28,29)14-4-2-1-3-5-14/h1-5,7,9-12,18,27H,6,8,13,23H2/t18-/m1/s1. The van der Waals surface area contributed by atoms with Gasteiger partial charge in [-0.3, -0.25) is 9.97 Å². The SMILES string of the molecule is N[C@@H]1CCc2c1ccc1c2cc(-c2nccnc2CO)n1S(=O)(=O)c1ccccc1. The maximum atomic E-state index is 13.7. The van der Waals surface area contributed by atoms with Crippen molar-refractivity contribution >= 4 is 20.9 Å². The van der Waals surface area contributed by atoms with Crippen molar-refractivity contribution in [2.75, 3.05) is 0 Å². The lowest BCUT2D eigenvalue weighted by Crippen LogP contribution is -2.15. The number of nitrogens with zero attached hydrogens (tertiary/aromatic N) is 3. The number of nitrogens with two attached hydrogens (primary N) is 1. The van der Waals surface area contributed by atoms with Crippen LogP contribution >= 0.6 is 0 Å². The maximum Gasteiger partial charge on any atom is 0.268 e. The minimum absolute atomic E-state index is 0.0496. The Morgan fingerprint density at radius 1 is 1.10 bits per heavy atom. The number of aliphatic hydroxyl groups is 1. The predicted octanol–water partition coefficient (Wildman–Crippen LogP) is 2.77. The van der Waals surface area contributed by atoms with Gasteiger partial charge in [0.15, 0.2) is 0 Å². The largest absolute Gasteiger partial charge is 0.390 e. The zero-order chi connectivity index (χ0) is 20.9. The highest BCUT2D eigenvalue weighted by Crippen LogP contribution is 2.39. The first-order valence-electron chi connectivity index (χ1n) is 9.67. The highest BCUT2D eigenvalue weighted by Gasteiger charge is 2.29. The number of hydrogen-bond donors (Lipinski definition) is 2. The highest BCUT2D eigenvalue weighted by molar-refractivity contribution is 7.90. The van der Waals surface area contributed by atoms with Gasteiger partial charge in [-0.15, -0.1) is 0 Å². The molecule has 0 bridgehead atoms. The van der Waals surface area contributed by atoms with E-state index in [1.165, 1.54) is 16.4 Å². The van der Waals surface area contributed by atoms with E-state index in [9.17, 15) is 13.5 Å². The van der Waals surface area contributed by atoms with Crippen LogP contribution in [0.3, 0.4) is 0 Å². The van der Waals surface area contributed by atoms with Gasteiger partial charge in [-0.25, -0.2) is 12.4 Å². The summed E-state index contributed by atoms with van der Waals surface area (Å²) in [5, 5.41) is 10.6. The summed E-state index contributed by atoms with van der Waals surface area (Å²) in [5.74, 6) is 0. The lowest BCUT2D eigenvalue weighted by atomic mass is 10.0. The second-order valence-electron chi connectivity index (χ2n) is 7.33. The Labute approximate surface area is 173 Å². The summed E-state index contributed by atoms with van der Waals surface area (Å²) >= 11 is 0. The second-order valence-corrected chi connectivity index (χ2v) is 9.12. The van der Waals surface area contributed by atoms with E-state index in [0.717, 1.165) is 29.4 Å². The van der Waals surface area contributed by atoms with Gasteiger partial charge in [0.1, 0.15) is 5.69 Å². The van der Waals surface area contributed by atoms with Crippen LogP contribution in [0.4, 0.5) is 0 Å². The lowest BCUT2D eigenvalue weighted by Gasteiger charge is -2.13. The number of aliphatic hydroxyl groups excluding tert-OH is 1. The van der Waals surface area contributed by atoms with Crippen molar-refractivity contribution in [3.05, 3.63) is 77.7 Å². The molecule has 8 heteroatoms. The molecule has 7 nitrogen and oxygen atoms in total.